The lowest BCUT2D eigenvalue weighted by molar-refractivity contribution is 0.0260. The number of benzene rings is 2. The molecule has 0 aliphatic heterocycles. The minimum atomic E-state index is -0.128. The molecule has 0 saturated heterocycles. The molecule has 2 aromatic rings. The summed E-state index contributed by atoms with van der Waals surface area (Å²) in [6.45, 7) is 0.504. The third-order valence-electron chi connectivity index (χ3n) is 2.58. The molecule has 2 aromatic carbocycles. The highest BCUT2D eigenvalue weighted by atomic mass is 16.7. The Hall–Kier alpha value is -1.84. The summed E-state index contributed by atoms with van der Waals surface area (Å²) >= 11 is 0. The SMILES string of the molecule is COCC(ONc1ccccc1)c1ccccc1. The largest absolute Gasteiger partial charge is 0.382 e. The monoisotopic (exact) mass is 243 g/mol. The number of hydrogen-bond acceptors (Lipinski definition) is 3. The summed E-state index contributed by atoms with van der Waals surface area (Å²) in [5, 5.41) is 0. The molecule has 0 fully saturated rings. The molecule has 94 valence electrons. The first-order valence-electron chi connectivity index (χ1n) is 5.91. The van der Waals surface area contributed by atoms with Crippen molar-refractivity contribution in [3.8, 4) is 0 Å². The molecule has 0 amide bonds. The second-order valence-electron chi connectivity index (χ2n) is 3.94. The van der Waals surface area contributed by atoms with E-state index < -0.39 is 0 Å². The fourth-order valence-electron chi connectivity index (χ4n) is 1.66. The van der Waals surface area contributed by atoms with Gasteiger partial charge in [-0.05, 0) is 17.7 Å². The number of para-hydroxylation sites is 1. The molecule has 0 bridgehead atoms. The van der Waals surface area contributed by atoms with Crippen molar-refractivity contribution in [3.05, 3.63) is 66.2 Å². The lowest BCUT2D eigenvalue weighted by atomic mass is 10.1. The Kier molecular flexibility index (Phi) is 4.76. The van der Waals surface area contributed by atoms with Crippen LogP contribution in [0.15, 0.2) is 60.7 Å². The molecule has 0 saturated carbocycles. The Balaban J connectivity index is 1.99. The fraction of sp³-hybridized carbons (Fsp3) is 0.200. The maximum absolute atomic E-state index is 5.68. The second kappa shape index (κ2) is 6.79. The van der Waals surface area contributed by atoms with Gasteiger partial charge in [0.05, 0.1) is 12.3 Å². The Bertz CT molecular complexity index is 445. The van der Waals surface area contributed by atoms with E-state index in [1.807, 2.05) is 60.7 Å². The van der Waals surface area contributed by atoms with E-state index in [0.717, 1.165) is 11.3 Å². The normalized spacial score (nSPS) is 12.1. The molecule has 0 aliphatic carbocycles. The Morgan fingerprint density at radius 1 is 0.944 bits per heavy atom. The van der Waals surface area contributed by atoms with E-state index in [9.17, 15) is 0 Å². The van der Waals surface area contributed by atoms with Crippen molar-refractivity contribution in [2.45, 2.75) is 6.10 Å². The topological polar surface area (TPSA) is 30.5 Å². The van der Waals surface area contributed by atoms with E-state index in [1.54, 1.807) is 7.11 Å². The maximum atomic E-state index is 5.68. The Morgan fingerprint density at radius 3 is 2.17 bits per heavy atom. The van der Waals surface area contributed by atoms with E-state index in [1.165, 1.54) is 0 Å². The predicted molar refractivity (Wildman–Crippen MR) is 72.2 cm³/mol. The molecule has 0 aliphatic rings. The van der Waals surface area contributed by atoms with Gasteiger partial charge in [-0.1, -0.05) is 48.5 Å². The van der Waals surface area contributed by atoms with Gasteiger partial charge in [0.25, 0.3) is 0 Å². The number of hydrogen-bond donors (Lipinski definition) is 1. The molecule has 0 spiro atoms. The minimum Gasteiger partial charge on any atom is -0.382 e. The van der Waals surface area contributed by atoms with E-state index in [-0.39, 0.29) is 6.10 Å². The summed E-state index contributed by atoms with van der Waals surface area (Å²) in [5.74, 6) is 0. The molecule has 0 heterocycles. The van der Waals surface area contributed by atoms with Crippen molar-refractivity contribution < 1.29 is 9.57 Å². The highest BCUT2D eigenvalue weighted by molar-refractivity contribution is 5.40. The smallest absolute Gasteiger partial charge is 0.134 e. The highest BCUT2D eigenvalue weighted by Crippen LogP contribution is 2.18. The molecular weight excluding hydrogens is 226 g/mol. The van der Waals surface area contributed by atoms with Crippen LogP contribution in [0, 0.1) is 0 Å². The van der Waals surface area contributed by atoms with Crippen LogP contribution in [0.5, 0.6) is 0 Å². The number of rotatable bonds is 6. The number of nitrogens with one attached hydrogen (secondary N) is 1. The van der Waals surface area contributed by atoms with Crippen molar-refractivity contribution in [1.82, 2.24) is 0 Å². The summed E-state index contributed by atoms with van der Waals surface area (Å²) < 4.78 is 5.18. The molecular formula is C15H17NO2. The number of methoxy groups -OCH3 is 1. The predicted octanol–water partition coefficient (Wildman–Crippen LogP) is 3.42. The van der Waals surface area contributed by atoms with Crippen molar-refractivity contribution in [3.63, 3.8) is 0 Å². The molecule has 1 N–H and O–H groups in total. The highest BCUT2D eigenvalue weighted by Gasteiger charge is 2.11. The van der Waals surface area contributed by atoms with E-state index >= 15 is 0 Å². The van der Waals surface area contributed by atoms with Crippen LogP contribution in [0.1, 0.15) is 11.7 Å². The van der Waals surface area contributed by atoms with Crippen LogP contribution < -0.4 is 5.48 Å². The molecule has 0 radical (unpaired) electrons. The van der Waals surface area contributed by atoms with Crippen LogP contribution in [-0.2, 0) is 9.57 Å². The molecule has 0 aromatic heterocycles. The lowest BCUT2D eigenvalue weighted by Crippen LogP contribution is -2.14. The standard InChI is InChI=1S/C15H17NO2/c1-17-12-15(13-8-4-2-5-9-13)18-16-14-10-6-3-7-11-14/h2-11,15-16H,12H2,1H3. The molecule has 3 heteroatoms. The average molecular weight is 243 g/mol. The zero-order valence-electron chi connectivity index (χ0n) is 10.4. The van der Waals surface area contributed by atoms with Gasteiger partial charge in [0.2, 0.25) is 0 Å². The van der Waals surface area contributed by atoms with Gasteiger partial charge in [-0.3, -0.25) is 10.3 Å². The van der Waals surface area contributed by atoms with Gasteiger partial charge in [0.1, 0.15) is 6.10 Å². The average Bonchev–Trinajstić information content (AvgIpc) is 2.45. The second-order valence-corrected chi connectivity index (χ2v) is 3.94. The zero-order chi connectivity index (χ0) is 12.6. The van der Waals surface area contributed by atoms with Crippen molar-refractivity contribution >= 4 is 5.69 Å². The summed E-state index contributed by atoms with van der Waals surface area (Å²) in [6.07, 6.45) is -0.128. The number of ether oxygens (including phenoxy) is 1. The van der Waals surface area contributed by atoms with Crippen LogP contribution >= 0.6 is 0 Å². The van der Waals surface area contributed by atoms with Gasteiger partial charge in [0, 0.05) is 7.11 Å². The van der Waals surface area contributed by atoms with E-state index in [2.05, 4.69) is 5.48 Å². The first-order chi connectivity index (χ1) is 8.90. The van der Waals surface area contributed by atoms with Gasteiger partial charge in [-0.25, -0.2) is 0 Å². The van der Waals surface area contributed by atoms with Crippen molar-refractivity contribution in [1.29, 1.82) is 0 Å². The van der Waals surface area contributed by atoms with Gasteiger partial charge in [-0.15, -0.1) is 0 Å². The summed E-state index contributed by atoms with van der Waals surface area (Å²) in [5.41, 5.74) is 4.96. The first-order valence-corrected chi connectivity index (χ1v) is 5.91. The summed E-state index contributed by atoms with van der Waals surface area (Å²) in [6, 6.07) is 19.8. The fourth-order valence-corrected chi connectivity index (χ4v) is 1.66. The first kappa shape index (κ1) is 12.6. The third-order valence-corrected chi connectivity index (χ3v) is 2.58. The van der Waals surface area contributed by atoms with Crippen LogP contribution in [-0.4, -0.2) is 13.7 Å². The zero-order valence-corrected chi connectivity index (χ0v) is 10.4. The Morgan fingerprint density at radius 2 is 1.56 bits per heavy atom. The van der Waals surface area contributed by atoms with Gasteiger partial charge >= 0.3 is 0 Å². The third kappa shape index (κ3) is 3.58. The van der Waals surface area contributed by atoms with Gasteiger partial charge in [0.15, 0.2) is 0 Å². The molecule has 1 atom stereocenters. The molecule has 2 rings (SSSR count). The number of anilines is 1. The van der Waals surface area contributed by atoms with Crippen LogP contribution in [0.4, 0.5) is 5.69 Å². The maximum Gasteiger partial charge on any atom is 0.134 e. The quantitative estimate of drug-likeness (QED) is 0.788. The lowest BCUT2D eigenvalue weighted by Gasteiger charge is -2.18. The molecule has 1 unspecified atom stereocenters. The van der Waals surface area contributed by atoms with Crippen molar-refractivity contribution in [2.24, 2.45) is 0 Å². The van der Waals surface area contributed by atoms with Gasteiger partial charge < -0.3 is 4.74 Å². The van der Waals surface area contributed by atoms with Crippen LogP contribution in [0.25, 0.3) is 0 Å². The van der Waals surface area contributed by atoms with E-state index in [0.29, 0.717) is 6.61 Å². The van der Waals surface area contributed by atoms with E-state index in [4.69, 9.17) is 9.57 Å². The molecule has 18 heavy (non-hydrogen) atoms. The molecule has 3 nitrogen and oxygen atoms in total. The summed E-state index contributed by atoms with van der Waals surface area (Å²) in [7, 11) is 1.67. The van der Waals surface area contributed by atoms with Crippen molar-refractivity contribution in [2.75, 3.05) is 19.2 Å². The van der Waals surface area contributed by atoms with Crippen LogP contribution in [0.2, 0.25) is 0 Å². The minimum absolute atomic E-state index is 0.128. The van der Waals surface area contributed by atoms with Gasteiger partial charge in [-0.2, -0.15) is 0 Å². The van der Waals surface area contributed by atoms with Crippen LogP contribution in [0.3, 0.4) is 0 Å². The Labute approximate surface area is 107 Å². The summed E-state index contributed by atoms with van der Waals surface area (Å²) in [4.78, 5) is 5.68.